The predicted octanol–water partition coefficient (Wildman–Crippen LogP) is 1.76. The molecule has 84 valence electrons. The summed E-state index contributed by atoms with van der Waals surface area (Å²) in [7, 11) is 1.95. The fourth-order valence-corrected chi connectivity index (χ4v) is 1.65. The van der Waals surface area contributed by atoms with E-state index in [-0.39, 0.29) is 0 Å². The van der Waals surface area contributed by atoms with Gasteiger partial charge in [0.15, 0.2) is 0 Å². The van der Waals surface area contributed by atoms with E-state index in [2.05, 4.69) is 40.3 Å². The van der Waals surface area contributed by atoms with Crippen molar-refractivity contribution in [2.45, 2.75) is 45.3 Å². The lowest BCUT2D eigenvalue weighted by atomic mass is 10.4. The Labute approximate surface area is 91.1 Å². The first-order valence-corrected chi connectivity index (χ1v) is 5.70. The normalized spacial score (nSPS) is 16.0. The molecule has 2 rings (SSSR count). The van der Waals surface area contributed by atoms with Gasteiger partial charge >= 0.3 is 0 Å². The van der Waals surface area contributed by atoms with Gasteiger partial charge in [0.2, 0.25) is 0 Å². The van der Waals surface area contributed by atoms with Crippen molar-refractivity contribution in [3.8, 4) is 0 Å². The number of nitrogens with zero attached hydrogens (tertiary/aromatic N) is 2. The topological polar surface area (TPSA) is 41.9 Å². The van der Waals surface area contributed by atoms with Crippen molar-refractivity contribution in [1.29, 1.82) is 0 Å². The van der Waals surface area contributed by atoms with Crippen LogP contribution in [0.4, 0.5) is 5.82 Å². The standard InChI is InChI=1S/C11H20N4/c1-8(2)15-11(13-9-4-5-9)6-10(14-15)7-12-3/h6,8-9,12-13H,4-5,7H2,1-3H3. The van der Waals surface area contributed by atoms with E-state index in [9.17, 15) is 0 Å². The van der Waals surface area contributed by atoms with Gasteiger partial charge in [0.25, 0.3) is 0 Å². The monoisotopic (exact) mass is 208 g/mol. The Kier molecular flexibility index (Phi) is 2.95. The van der Waals surface area contributed by atoms with Crippen LogP contribution in [0.25, 0.3) is 0 Å². The summed E-state index contributed by atoms with van der Waals surface area (Å²) in [6.45, 7) is 5.15. The summed E-state index contributed by atoms with van der Waals surface area (Å²) in [5, 5.41) is 11.2. The number of rotatable bonds is 5. The zero-order chi connectivity index (χ0) is 10.8. The van der Waals surface area contributed by atoms with Gasteiger partial charge in [-0.1, -0.05) is 0 Å². The van der Waals surface area contributed by atoms with Crippen molar-refractivity contribution in [2.75, 3.05) is 12.4 Å². The Hall–Kier alpha value is -1.03. The summed E-state index contributed by atoms with van der Waals surface area (Å²) >= 11 is 0. The third-order valence-corrected chi connectivity index (χ3v) is 2.56. The molecule has 0 aromatic carbocycles. The molecule has 0 saturated heterocycles. The highest BCUT2D eigenvalue weighted by Gasteiger charge is 2.23. The minimum absolute atomic E-state index is 0.414. The van der Waals surface area contributed by atoms with Crippen LogP contribution >= 0.6 is 0 Å². The van der Waals surface area contributed by atoms with Gasteiger partial charge < -0.3 is 10.6 Å². The van der Waals surface area contributed by atoms with Gasteiger partial charge in [0.05, 0.1) is 5.69 Å². The van der Waals surface area contributed by atoms with E-state index >= 15 is 0 Å². The zero-order valence-electron chi connectivity index (χ0n) is 9.75. The lowest BCUT2D eigenvalue weighted by Gasteiger charge is -2.11. The zero-order valence-corrected chi connectivity index (χ0v) is 9.75. The number of hydrogen-bond donors (Lipinski definition) is 2. The highest BCUT2D eigenvalue weighted by atomic mass is 15.4. The van der Waals surface area contributed by atoms with Crippen LogP contribution in [-0.2, 0) is 6.54 Å². The predicted molar refractivity (Wildman–Crippen MR) is 62.0 cm³/mol. The largest absolute Gasteiger partial charge is 0.368 e. The van der Waals surface area contributed by atoms with Crippen molar-refractivity contribution in [3.63, 3.8) is 0 Å². The van der Waals surface area contributed by atoms with Gasteiger partial charge in [0.1, 0.15) is 5.82 Å². The third kappa shape index (κ3) is 2.50. The maximum absolute atomic E-state index is 4.57. The molecule has 1 aromatic heterocycles. The van der Waals surface area contributed by atoms with Crippen LogP contribution < -0.4 is 10.6 Å². The van der Waals surface area contributed by atoms with E-state index in [1.807, 2.05) is 7.05 Å². The van der Waals surface area contributed by atoms with Crippen LogP contribution in [-0.4, -0.2) is 22.9 Å². The summed E-state index contributed by atoms with van der Waals surface area (Å²) < 4.78 is 2.07. The van der Waals surface area contributed by atoms with E-state index in [1.165, 1.54) is 12.8 Å². The van der Waals surface area contributed by atoms with Crippen molar-refractivity contribution >= 4 is 5.82 Å². The lowest BCUT2D eigenvalue weighted by Crippen LogP contribution is -2.11. The van der Waals surface area contributed by atoms with E-state index in [0.29, 0.717) is 12.1 Å². The molecule has 1 saturated carbocycles. The molecule has 0 aliphatic heterocycles. The molecular formula is C11H20N4. The summed E-state index contributed by atoms with van der Waals surface area (Å²) in [5.74, 6) is 1.16. The summed E-state index contributed by atoms with van der Waals surface area (Å²) in [5.41, 5.74) is 1.11. The average molecular weight is 208 g/mol. The summed E-state index contributed by atoms with van der Waals surface area (Å²) in [6, 6.07) is 3.24. The molecule has 1 heterocycles. The number of anilines is 1. The summed E-state index contributed by atoms with van der Waals surface area (Å²) in [6.07, 6.45) is 2.59. The highest BCUT2D eigenvalue weighted by molar-refractivity contribution is 5.40. The maximum atomic E-state index is 4.57. The molecule has 0 unspecified atom stereocenters. The van der Waals surface area contributed by atoms with Gasteiger partial charge in [0, 0.05) is 24.7 Å². The molecule has 15 heavy (non-hydrogen) atoms. The molecule has 0 spiro atoms. The summed E-state index contributed by atoms with van der Waals surface area (Å²) in [4.78, 5) is 0. The fraction of sp³-hybridized carbons (Fsp3) is 0.727. The van der Waals surface area contributed by atoms with E-state index in [1.54, 1.807) is 0 Å². The Morgan fingerprint density at radius 2 is 2.27 bits per heavy atom. The molecule has 2 N–H and O–H groups in total. The van der Waals surface area contributed by atoms with Crippen LogP contribution in [0.3, 0.4) is 0 Å². The first-order valence-electron chi connectivity index (χ1n) is 5.70. The van der Waals surface area contributed by atoms with Crippen LogP contribution in [0.2, 0.25) is 0 Å². The second-order valence-corrected chi connectivity index (χ2v) is 4.51. The van der Waals surface area contributed by atoms with Crippen molar-refractivity contribution in [3.05, 3.63) is 11.8 Å². The van der Waals surface area contributed by atoms with Crippen LogP contribution in [0, 0.1) is 0 Å². The van der Waals surface area contributed by atoms with Crippen LogP contribution in [0.1, 0.15) is 38.4 Å². The second kappa shape index (κ2) is 4.23. The van der Waals surface area contributed by atoms with E-state index in [4.69, 9.17) is 0 Å². The minimum atomic E-state index is 0.414. The quantitative estimate of drug-likeness (QED) is 0.774. The Morgan fingerprint density at radius 1 is 1.53 bits per heavy atom. The molecule has 4 nitrogen and oxygen atoms in total. The molecule has 1 aliphatic rings. The Bertz CT molecular complexity index is 325. The van der Waals surface area contributed by atoms with Crippen molar-refractivity contribution in [1.82, 2.24) is 15.1 Å². The molecule has 4 heteroatoms. The molecule has 0 bridgehead atoms. The van der Waals surface area contributed by atoms with Crippen LogP contribution in [0.15, 0.2) is 6.07 Å². The SMILES string of the molecule is CNCc1cc(NC2CC2)n(C(C)C)n1. The number of aromatic nitrogens is 2. The number of nitrogens with one attached hydrogen (secondary N) is 2. The van der Waals surface area contributed by atoms with Gasteiger partial charge in [-0.2, -0.15) is 5.10 Å². The minimum Gasteiger partial charge on any atom is -0.368 e. The van der Waals surface area contributed by atoms with E-state index < -0.39 is 0 Å². The molecular weight excluding hydrogens is 188 g/mol. The molecule has 0 atom stereocenters. The van der Waals surface area contributed by atoms with E-state index in [0.717, 1.165) is 18.1 Å². The van der Waals surface area contributed by atoms with Gasteiger partial charge in [-0.3, -0.25) is 0 Å². The lowest BCUT2D eigenvalue weighted by molar-refractivity contribution is 0.529. The van der Waals surface area contributed by atoms with Crippen molar-refractivity contribution in [2.24, 2.45) is 0 Å². The van der Waals surface area contributed by atoms with Gasteiger partial charge in [-0.25, -0.2) is 4.68 Å². The first kappa shape index (κ1) is 10.5. The molecule has 1 fully saturated rings. The molecule has 1 aromatic rings. The highest BCUT2D eigenvalue weighted by Crippen LogP contribution is 2.26. The van der Waals surface area contributed by atoms with Crippen molar-refractivity contribution < 1.29 is 0 Å². The average Bonchev–Trinajstić information content (AvgIpc) is 2.88. The fourth-order valence-electron chi connectivity index (χ4n) is 1.65. The molecule has 0 amide bonds. The van der Waals surface area contributed by atoms with Gasteiger partial charge in [-0.05, 0) is 33.7 Å². The Morgan fingerprint density at radius 3 is 2.80 bits per heavy atom. The molecule has 1 aliphatic carbocycles. The second-order valence-electron chi connectivity index (χ2n) is 4.51. The first-order chi connectivity index (χ1) is 7.20. The maximum Gasteiger partial charge on any atom is 0.125 e. The third-order valence-electron chi connectivity index (χ3n) is 2.56. The van der Waals surface area contributed by atoms with Gasteiger partial charge in [-0.15, -0.1) is 0 Å². The van der Waals surface area contributed by atoms with Crippen LogP contribution in [0.5, 0.6) is 0 Å². The number of hydrogen-bond acceptors (Lipinski definition) is 3. The smallest absolute Gasteiger partial charge is 0.125 e. The molecule has 0 radical (unpaired) electrons. The Balaban J connectivity index is 2.15.